The topological polar surface area (TPSA) is 342 Å². The van der Waals surface area contributed by atoms with Crippen molar-refractivity contribution in [3.63, 3.8) is 0 Å². The molecule has 0 spiro atoms. The number of amides is 4. The van der Waals surface area contributed by atoms with Gasteiger partial charge in [-0.1, -0.05) is 60.5 Å². The van der Waals surface area contributed by atoms with Gasteiger partial charge in [0.15, 0.2) is 11.6 Å². The average Bonchev–Trinajstić information content (AvgIpc) is 0.992. The molecule has 0 aliphatic heterocycles. The van der Waals surface area contributed by atoms with Crippen LogP contribution < -0.4 is 30.7 Å². The van der Waals surface area contributed by atoms with E-state index in [-0.39, 0.29) is 96.9 Å². The number of ether oxygens (including phenoxy) is 2. The molecule has 91 heavy (non-hydrogen) atoms. The van der Waals surface area contributed by atoms with E-state index < -0.39 is 64.3 Å². The Hall–Kier alpha value is -12.5. The Balaban J connectivity index is 0.000000301. The van der Waals surface area contributed by atoms with Crippen molar-refractivity contribution in [1.29, 1.82) is 5.26 Å². The average molecular weight is 1330 g/mol. The first kappa shape index (κ1) is 66.0. The molecule has 0 fully saturated rings. The number of carbonyl (C=O) groups excluding carboxylic acids is 6. The van der Waals surface area contributed by atoms with Crippen LogP contribution in [0.5, 0.6) is 23.0 Å². The van der Waals surface area contributed by atoms with Crippen molar-refractivity contribution in [3.05, 3.63) is 272 Å². The maximum atomic E-state index is 13.7. The van der Waals surface area contributed by atoms with Crippen molar-refractivity contribution in [2.75, 3.05) is 21.3 Å². The fourth-order valence-electron chi connectivity index (χ4n) is 8.86. The molecule has 21 nitrogen and oxygen atoms in total. The van der Waals surface area contributed by atoms with Gasteiger partial charge in [0.25, 0.3) is 17.7 Å². The summed E-state index contributed by atoms with van der Waals surface area (Å²) in [4.78, 5) is 125. The fraction of sp³-hybridized carbons (Fsp3) is 0.0290. The second-order valence-electron chi connectivity index (χ2n) is 19.4. The molecule has 0 heterocycles. The van der Waals surface area contributed by atoms with Gasteiger partial charge in [0.2, 0.25) is 5.91 Å². The normalized spacial score (nSPS) is 10.2. The van der Waals surface area contributed by atoms with Gasteiger partial charge in [0, 0.05) is 75.7 Å². The number of aryl methyl sites for hydroxylation is 1. The summed E-state index contributed by atoms with van der Waals surface area (Å²) in [6.07, 6.45) is 5.36. The van der Waals surface area contributed by atoms with Gasteiger partial charge in [-0.25, -0.2) is 19.2 Å². The van der Waals surface area contributed by atoms with Crippen LogP contribution in [0.15, 0.2) is 194 Å². The van der Waals surface area contributed by atoms with Crippen LogP contribution in [0.1, 0.15) is 128 Å². The number of benzene rings is 9. The molecule has 0 aliphatic carbocycles. The number of terminal acetylenes is 1. The zero-order valence-electron chi connectivity index (χ0n) is 47.6. The summed E-state index contributed by atoms with van der Waals surface area (Å²) in [5, 5.41) is 57.9. The maximum absolute atomic E-state index is 13.7. The minimum atomic E-state index is -1.43. The van der Waals surface area contributed by atoms with Crippen molar-refractivity contribution in [3.8, 4) is 41.4 Å². The summed E-state index contributed by atoms with van der Waals surface area (Å²) in [5.74, 6) is -5.11. The van der Waals surface area contributed by atoms with E-state index in [1.165, 1.54) is 85.8 Å². The number of rotatable bonds is 19. The number of nitrogens with zero attached hydrogens (tertiary/aromatic N) is 1. The Morgan fingerprint density at radius 2 is 0.703 bits per heavy atom. The van der Waals surface area contributed by atoms with E-state index in [0.29, 0.717) is 45.5 Å². The van der Waals surface area contributed by atoms with Crippen molar-refractivity contribution in [2.24, 2.45) is 0 Å². The molecule has 452 valence electrons. The summed E-state index contributed by atoms with van der Waals surface area (Å²) >= 11 is 0. The Morgan fingerprint density at radius 1 is 0.385 bits per heavy atom. The van der Waals surface area contributed by atoms with Crippen LogP contribution in [0.2, 0.25) is 0 Å². The highest BCUT2D eigenvalue weighted by Gasteiger charge is 2.25. The lowest BCUT2D eigenvalue weighted by atomic mass is 9.95. The summed E-state index contributed by atoms with van der Waals surface area (Å²) in [6.45, 7) is 2.97. The van der Waals surface area contributed by atoms with Gasteiger partial charge in [-0.2, -0.15) is 5.26 Å². The highest BCUT2D eigenvalue weighted by molar-refractivity contribution is 14.0. The molecule has 0 atom stereocenters. The van der Waals surface area contributed by atoms with Crippen molar-refractivity contribution >= 4 is 106 Å². The third-order valence-corrected chi connectivity index (χ3v) is 13.0. The highest BCUT2D eigenvalue weighted by Crippen LogP contribution is 2.32. The second kappa shape index (κ2) is 29.7. The molecule has 0 saturated carbocycles. The van der Waals surface area contributed by atoms with Crippen LogP contribution >= 0.6 is 24.0 Å². The Kier molecular flexibility index (Phi) is 21.5. The SMILES string of the molecule is C#Cc1cccc(NC(=O)c2cc(C(=O)c3ccc(C(=O)O)c(C)c3)ccc2C(=O)O)c1.CC(=O)Nc1cccc(Oc2cccc(Oc3cccc(NC(=O)c4cc(C(=O)c5ccc(C(=O)O)c(C(=O)Nc6cccc(C#N)c6)c5)ccc4C(=O)O)c3)c2)c1.I. The molecule has 9 aromatic rings. The minimum absolute atomic E-state index is 0. The number of carbonyl (C=O) groups is 10. The Labute approximate surface area is 534 Å². The molecular formula is C69H48IN5O16. The van der Waals surface area contributed by atoms with E-state index in [9.17, 15) is 68.5 Å². The van der Waals surface area contributed by atoms with Crippen molar-refractivity contribution in [1.82, 2.24) is 0 Å². The summed E-state index contributed by atoms with van der Waals surface area (Å²) in [5.41, 5.74) is 0.726. The highest BCUT2D eigenvalue weighted by atomic mass is 127. The number of nitrogens with one attached hydrogen (secondary N) is 4. The zero-order valence-corrected chi connectivity index (χ0v) is 49.9. The van der Waals surface area contributed by atoms with Crippen molar-refractivity contribution in [2.45, 2.75) is 13.8 Å². The largest absolute Gasteiger partial charge is 0.478 e. The lowest BCUT2D eigenvalue weighted by molar-refractivity contribution is -0.114. The standard InChI is InChI=1S/C44H30N4O10.C25H17NO6.HI/c1-25(49)46-30-8-3-10-32(21-30)57-34-12-5-13-35(23-34)58-33-11-4-9-31(22-33)48-42(52)39-20-28(15-17-37(39)44(55)56)40(50)27-14-16-36(43(53)54)38(19-27)41(51)47-29-7-2-6-26(18-29)24-45;1-3-15-5-4-6-18(12-15)26-23(28)21-13-17(8-10-20(21)25(31)32)22(27)16-7-9-19(24(29)30)14(2)11-16;/h2-23H,1H3,(H,46,49)(H,47,51)(H,48,52)(H,53,54)(H,55,56);1,4-13H,2H3,(H,26,28)(H,29,30)(H,31,32);1H. The summed E-state index contributed by atoms with van der Waals surface area (Å²) < 4.78 is 11.9. The fourth-order valence-corrected chi connectivity index (χ4v) is 8.86. The first-order valence-corrected chi connectivity index (χ1v) is 26.6. The Morgan fingerprint density at radius 3 is 1.07 bits per heavy atom. The number of anilines is 4. The molecule has 9 rings (SSSR count). The number of carboxylic acid groups (broad SMARTS) is 4. The number of nitriles is 1. The molecule has 8 N–H and O–H groups in total. The van der Waals surface area contributed by atoms with Gasteiger partial charge < -0.3 is 51.2 Å². The van der Waals surface area contributed by atoms with E-state index in [1.807, 2.05) is 6.07 Å². The monoisotopic (exact) mass is 1330 g/mol. The number of hydrogen-bond donors (Lipinski definition) is 8. The number of aromatic carboxylic acids is 4. The van der Waals surface area contributed by atoms with E-state index in [2.05, 4.69) is 27.2 Å². The predicted molar refractivity (Wildman–Crippen MR) is 344 cm³/mol. The van der Waals surface area contributed by atoms with Crippen LogP contribution in [-0.4, -0.2) is 79.5 Å². The molecule has 0 saturated heterocycles. The van der Waals surface area contributed by atoms with Gasteiger partial charge in [-0.3, -0.25) is 28.8 Å². The number of hydrogen-bond acceptors (Lipinski definition) is 13. The van der Waals surface area contributed by atoms with Crippen LogP contribution in [0.3, 0.4) is 0 Å². The van der Waals surface area contributed by atoms with Crippen LogP contribution in [0.25, 0.3) is 0 Å². The lowest BCUT2D eigenvalue weighted by Crippen LogP contribution is -2.19. The summed E-state index contributed by atoms with van der Waals surface area (Å²) in [7, 11) is 0. The van der Waals surface area contributed by atoms with E-state index in [0.717, 1.165) is 24.3 Å². The smallest absolute Gasteiger partial charge is 0.336 e. The van der Waals surface area contributed by atoms with Gasteiger partial charge >= 0.3 is 23.9 Å². The quantitative estimate of drug-likeness (QED) is 0.0212. The molecule has 0 radical (unpaired) electrons. The number of halogens is 1. The molecule has 0 aromatic heterocycles. The van der Waals surface area contributed by atoms with Crippen LogP contribution in [-0.2, 0) is 4.79 Å². The number of ketones is 2. The molecule has 0 aliphatic rings. The number of carboxylic acids is 4. The van der Waals surface area contributed by atoms with Crippen molar-refractivity contribution < 1.29 is 77.8 Å². The summed E-state index contributed by atoms with van der Waals surface area (Å²) in [6, 6.07) is 48.8. The predicted octanol–water partition coefficient (Wildman–Crippen LogP) is 12.7. The van der Waals surface area contributed by atoms with E-state index in [4.69, 9.17) is 21.0 Å². The van der Waals surface area contributed by atoms with Crippen LogP contribution in [0.4, 0.5) is 22.7 Å². The minimum Gasteiger partial charge on any atom is -0.478 e. The molecule has 4 amide bonds. The first-order chi connectivity index (χ1) is 43.1. The van der Waals surface area contributed by atoms with Gasteiger partial charge in [0.05, 0.1) is 50.6 Å². The van der Waals surface area contributed by atoms with E-state index in [1.54, 1.807) is 97.9 Å². The second-order valence-corrected chi connectivity index (χ2v) is 19.4. The van der Waals surface area contributed by atoms with Gasteiger partial charge in [0.1, 0.15) is 23.0 Å². The van der Waals surface area contributed by atoms with Gasteiger partial charge in [-0.15, -0.1) is 30.4 Å². The Bertz CT molecular complexity index is 4550. The molecule has 22 heteroatoms. The van der Waals surface area contributed by atoms with E-state index >= 15 is 0 Å². The maximum Gasteiger partial charge on any atom is 0.336 e. The van der Waals surface area contributed by atoms with Gasteiger partial charge in [-0.05, 0) is 134 Å². The molecular weight excluding hydrogens is 1280 g/mol. The molecule has 9 aromatic carbocycles. The lowest BCUT2D eigenvalue weighted by Gasteiger charge is -2.13. The molecule has 0 unspecified atom stereocenters. The molecule has 0 bridgehead atoms. The third kappa shape index (κ3) is 16.9. The van der Waals surface area contributed by atoms with Crippen LogP contribution in [0, 0.1) is 30.6 Å². The first-order valence-electron chi connectivity index (χ1n) is 26.6. The third-order valence-electron chi connectivity index (χ3n) is 13.0. The zero-order chi connectivity index (χ0) is 64.8.